The molecule has 2 heterocycles. The lowest BCUT2D eigenvalue weighted by Gasteiger charge is -2.33. The highest BCUT2D eigenvalue weighted by Crippen LogP contribution is 2.34. The van der Waals surface area contributed by atoms with Gasteiger partial charge in [0.05, 0.1) is 6.04 Å². The number of rotatable bonds is 4. The Balaban J connectivity index is 1.92. The molecule has 1 aliphatic heterocycles. The zero-order valence-electron chi connectivity index (χ0n) is 12.4. The zero-order valence-corrected chi connectivity index (χ0v) is 12.4. The smallest absolute Gasteiger partial charge is 0.134 e. The van der Waals surface area contributed by atoms with Crippen molar-refractivity contribution in [2.45, 2.75) is 38.8 Å². The van der Waals surface area contributed by atoms with Crippen LogP contribution < -0.4 is 5.73 Å². The van der Waals surface area contributed by atoms with Crippen molar-refractivity contribution in [1.82, 2.24) is 4.90 Å². The molecule has 1 saturated heterocycles. The van der Waals surface area contributed by atoms with Crippen molar-refractivity contribution in [2.75, 3.05) is 13.1 Å². The SMILES string of the molecule is CC(C)C1CCCN1C(CN)c1cc2ccccc2o1. The maximum atomic E-state index is 6.07. The minimum absolute atomic E-state index is 0.206. The summed E-state index contributed by atoms with van der Waals surface area (Å²) < 4.78 is 6.04. The molecule has 2 atom stereocenters. The van der Waals surface area contributed by atoms with E-state index in [0.717, 1.165) is 17.9 Å². The lowest BCUT2D eigenvalue weighted by atomic mass is 10.00. The van der Waals surface area contributed by atoms with E-state index in [-0.39, 0.29) is 6.04 Å². The van der Waals surface area contributed by atoms with E-state index >= 15 is 0 Å². The molecule has 2 unspecified atom stereocenters. The van der Waals surface area contributed by atoms with Gasteiger partial charge in [0, 0.05) is 18.0 Å². The van der Waals surface area contributed by atoms with Crippen LogP contribution >= 0.6 is 0 Å². The van der Waals surface area contributed by atoms with Crippen LogP contribution in [0.2, 0.25) is 0 Å². The second-order valence-corrected chi connectivity index (χ2v) is 6.13. The number of benzene rings is 1. The van der Waals surface area contributed by atoms with Gasteiger partial charge >= 0.3 is 0 Å². The van der Waals surface area contributed by atoms with Crippen molar-refractivity contribution in [1.29, 1.82) is 0 Å². The van der Waals surface area contributed by atoms with Crippen LogP contribution in [-0.4, -0.2) is 24.0 Å². The van der Waals surface area contributed by atoms with Gasteiger partial charge in [-0.2, -0.15) is 0 Å². The van der Waals surface area contributed by atoms with Crippen molar-refractivity contribution in [3.8, 4) is 0 Å². The fourth-order valence-electron chi connectivity index (χ4n) is 3.50. The lowest BCUT2D eigenvalue weighted by molar-refractivity contribution is 0.135. The third-order valence-corrected chi connectivity index (χ3v) is 4.51. The van der Waals surface area contributed by atoms with Crippen LogP contribution in [0, 0.1) is 5.92 Å². The topological polar surface area (TPSA) is 42.4 Å². The van der Waals surface area contributed by atoms with E-state index in [0.29, 0.717) is 18.5 Å². The number of likely N-dealkylation sites (tertiary alicyclic amines) is 1. The van der Waals surface area contributed by atoms with Crippen LogP contribution in [0.25, 0.3) is 11.0 Å². The molecular formula is C17H24N2O. The van der Waals surface area contributed by atoms with Gasteiger partial charge in [0.2, 0.25) is 0 Å². The molecule has 1 aromatic carbocycles. The summed E-state index contributed by atoms with van der Waals surface area (Å²) in [6.45, 7) is 6.34. The molecule has 0 saturated carbocycles. The Morgan fingerprint density at radius 2 is 2.15 bits per heavy atom. The molecule has 0 amide bonds. The van der Waals surface area contributed by atoms with Crippen LogP contribution in [0.1, 0.15) is 38.5 Å². The van der Waals surface area contributed by atoms with E-state index in [1.54, 1.807) is 0 Å². The predicted octanol–water partition coefficient (Wildman–Crippen LogP) is 3.55. The van der Waals surface area contributed by atoms with E-state index in [4.69, 9.17) is 10.2 Å². The number of furan rings is 1. The van der Waals surface area contributed by atoms with Gasteiger partial charge < -0.3 is 10.2 Å². The molecule has 0 spiro atoms. The molecule has 3 rings (SSSR count). The molecule has 1 fully saturated rings. The molecule has 2 N–H and O–H groups in total. The van der Waals surface area contributed by atoms with Gasteiger partial charge in [-0.15, -0.1) is 0 Å². The Morgan fingerprint density at radius 1 is 1.35 bits per heavy atom. The maximum Gasteiger partial charge on any atom is 0.134 e. The predicted molar refractivity (Wildman–Crippen MR) is 82.6 cm³/mol. The van der Waals surface area contributed by atoms with Crippen LogP contribution in [0.5, 0.6) is 0 Å². The van der Waals surface area contributed by atoms with Crippen LogP contribution in [-0.2, 0) is 0 Å². The maximum absolute atomic E-state index is 6.07. The van der Waals surface area contributed by atoms with E-state index < -0.39 is 0 Å². The van der Waals surface area contributed by atoms with Crippen molar-refractivity contribution in [3.05, 3.63) is 36.1 Å². The Hall–Kier alpha value is -1.32. The molecule has 20 heavy (non-hydrogen) atoms. The highest BCUT2D eigenvalue weighted by Gasteiger charge is 2.34. The summed E-state index contributed by atoms with van der Waals surface area (Å²) in [5.74, 6) is 1.68. The summed E-state index contributed by atoms with van der Waals surface area (Å²) >= 11 is 0. The Bertz CT molecular complexity index is 542. The minimum Gasteiger partial charge on any atom is -0.459 e. The van der Waals surface area contributed by atoms with E-state index in [1.807, 2.05) is 18.2 Å². The third-order valence-electron chi connectivity index (χ3n) is 4.51. The second-order valence-electron chi connectivity index (χ2n) is 6.13. The van der Waals surface area contributed by atoms with Gasteiger partial charge in [0.15, 0.2) is 0 Å². The van der Waals surface area contributed by atoms with Crippen LogP contribution in [0.3, 0.4) is 0 Å². The van der Waals surface area contributed by atoms with Crippen molar-refractivity contribution >= 4 is 11.0 Å². The van der Waals surface area contributed by atoms with Gasteiger partial charge in [0.1, 0.15) is 11.3 Å². The average molecular weight is 272 g/mol. The first-order valence-electron chi connectivity index (χ1n) is 7.65. The third kappa shape index (κ3) is 2.36. The fourth-order valence-corrected chi connectivity index (χ4v) is 3.50. The first-order chi connectivity index (χ1) is 9.70. The molecule has 0 radical (unpaired) electrons. The summed E-state index contributed by atoms with van der Waals surface area (Å²) in [5.41, 5.74) is 7.03. The molecule has 0 bridgehead atoms. The van der Waals surface area contributed by atoms with E-state index in [1.165, 1.54) is 18.2 Å². The molecule has 2 aromatic rings. The number of fused-ring (bicyclic) bond motifs is 1. The standard InChI is InChI=1S/C17H24N2O/c1-12(2)14-7-5-9-19(14)15(11-18)17-10-13-6-3-4-8-16(13)20-17/h3-4,6,8,10,12,14-15H,5,7,9,11,18H2,1-2H3. The van der Waals surface area contributed by atoms with Crippen molar-refractivity contribution < 1.29 is 4.42 Å². The highest BCUT2D eigenvalue weighted by molar-refractivity contribution is 5.77. The number of nitrogens with zero attached hydrogens (tertiary/aromatic N) is 1. The summed E-state index contributed by atoms with van der Waals surface area (Å²) in [6, 6.07) is 11.2. The van der Waals surface area contributed by atoms with Crippen molar-refractivity contribution in [3.63, 3.8) is 0 Å². The first kappa shape index (κ1) is 13.7. The van der Waals surface area contributed by atoms with Gasteiger partial charge in [-0.05, 0) is 37.4 Å². The lowest BCUT2D eigenvalue weighted by Crippen LogP contribution is -2.39. The van der Waals surface area contributed by atoms with Crippen LogP contribution in [0.4, 0.5) is 0 Å². The summed E-state index contributed by atoms with van der Waals surface area (Å²) in [5, 5.41) is 1.17. The zero-order chi connectivity index (χ0) is 14.1. The molecule has 3 heteroatoms. The van der Waals surface area contributed by atoms with E-state index in [9.17, 15) is 0 Å². The first-order valence-corrected chi connectivity index (χ1v) is 7.65. The largest absolute Gasteiger partial charge is 0.459 e. The molecule has 0 aliphatic carbocycles. The fraction of sp³-hybridized carbons (Fsp3) is 0.529. The Morgan fingerprint density at radius 3 is 2.85 bits per heavy atom. The highest BCUT2D eigenvalue weighted by atomic mass is 16.3. The molecule has 108 valence electrons. The molecule has 1 aromatic heterocycles. The van der Waals surface area contributed by atoms with Gasteiger partial charge in [-0.25, -0.2) is 0 Å². The number of para-hydroxylation sites is 1. The normalized spacial score (nSPS) is 21.9. The number of hydrogen-bond acceptors (Lipinski definition) is 3. The Kier molecular flexibility index (Phi) is 3.81. The molecule has 3 nitrogen and oxygen atoms in total. The molecular weight excluding hydrogens is 248 g/mol. The monoisotopic (exact) mass is 272 g/mol. The summed E-state index contributed by atoms with van der Waals surface area (Å²) in [6.07, 6.45) is 2.54. The van der Waals surface area contributed by atoms with Crippen LogP contribution in [0.15, 0.2) is 34.7 Å². The Labute approximate surface area is 120 Å². The average Bonchev–Trinajstić information content (AvgIpc) is 3.05. The number of nitrogens with two attached hydrogens (primary N) is 1. The van der Waals surface area contributed by atoms with Crippen molar-refractivity contribution in [2.24, 2.45) is 11.7 Å². The van der Waals surface area contributed by atoms with E-state index in [2.05, 4.69) is 30.9 Å². The minimum atomic E-state index is 0.206. The quantitative estimate of drug-likeness (QED) is 0.925. The van der Waals surface area contributed by atoms with Gasteiger partial charge in [-0.3, -0.25) is 4.90 Å². The van der Waals surface area contributed by atoms with Gasteiger partial charge in [-0.1, -0.05) is 32.0 Å². The number of hydrogen-bond donors (Lipinski definition) is 1. The molecule has 1 aliphatic rings. The summed E-state index contributed by atoms with van der Waals surface area (Å²) in [4.78, 5) is 2.54. The summed E-state index contributed by atoms with van der Waals surface area (Å²) in [7, 11) is 0. The second kappa shape index (κ2) is 5.58. The van der Waals surface area contributed by atoms with Gasteiger partial charge in [0.25, 0.3) is 0 Å².